The number of hydrogen-bond acceptors (Lipinski definition) is 2. The largest absolute Gasteiger partial charge is 0.481 e. The van der Waals surface area contributed by atoms with E-state index < -0.39 is 11.4 Å². The van der Waals surface area contributed by atoms with Crippen LogP contribution in [0, 0.1) is 5.41 Å². The molecule has 0 amide bonds. The summed E-state index contributed by atoms with van der Waals surface area (Å²) < 4.78 is 0. The van der Waals surface area contributed by atoms with Gasteiger partial charge in [0.1, 0.15) is 0 Å². The highest BCUT2D eigenvalue weighted by Gasteiger charge is 2.54. The maximum absolute atomic E-state index is 10.7. The highest BCUT2D eigenvalue weighted by molar-refractivity contribution is 5.78. The summed E-state index contributed by atoms with van der Waals surface area (Å²) >= 11 is 0. The van der Waals surface area contributed by atoms with E-state index in [1.54, 1.807) is 0 Å². The molecule has 0 spiro atoms. The van der Waals surface area contributed by atoms with Gasteiger partial charge >= 0.3 is 5.97 Å². The van der Waals surface area contributed by atoms with E-state index in [1.807, 2.05) is 6.92 Å². The van der Waals surface area contributed by atoms with Crippen LogP contribution in [0.25, 0.3) is 0 Å². The molecule has 0 saturated heterocycles. The average Bonchev–Trinajstić information content (AvgIpc) is 2.66. The van der Waals surface area contributed by atoms with E-state index in [0.29, 0.717) is 0 Å². The van der Waals surface area contributed by atoms with Gasteiger partial charge in [0, 0.05) is 6.04 Å². The predicted octanol–water partition coefficient (Wildman–Crippen LogP) is 0.979. The molecule has 0 heterocycles. The lowest BCUT2D eigenvalue weighted by Gasteiger charge is -2.17. The minimum absolute atomic E-state index is 0.134. The van der Waals surface area contributed by atoms with Crippen LogP contribution in [0.4, 0.5) is 0 Å². The van der Waals surface area contributed by atoms with Gasteiger partial charge < -0.3 is 10.8 Å². The first-order valence-electron chi connectivity index (χ1n) is 4.12. The van der Waals surface area contributed by atoms with E-state index in [2.05, 4.69) is 0 Å². The summed E-state index contributed by atoms with van der Waals surface area (Å²) in [6.45, 7) is 2.03. The molecule has 0 aliphatic heterocycles. The van der Waals surface area contributed by atoms with E-state index in [0.717, 1.165) is 25.7 Å². The van der Waals surface area contributed by atoms with Gasteiger partial charge in [-0.2, -0.15) is 0 Å². The van der Waals surface area contributed by atoms with Crippen molar-refractivity contribution in [2.24, 2.45) is 11.1 Å². The first-order valence-corrected chi connectivity index (χ1v) is 4.12. The lowest BCUT2D eigenvalue weighted by molar-refractivity contribution is -0.144. The van der Waals surface area contributed by atoms with E-state index >= 15 is 0 Å². The van der Waals surface area contributed by atoms with Gasteiger partial charge in [-0.3, -0.25) is 4.79 Å². The Hall–Kier alpha value is -0.570. The normalized spacial score (nSPS) is 22.7. The molecular formula is C8H15NO2. The van der Waals surface area contributed by atoms with Crippen molar-refractivity contribution in [2.75, 3.05) is 0 Å². The summed E-state index contributed by atoms with van der Waals surface area (Å²) in [5.41, 5.74) is 5.20. The molecule has 0 aromatic heterocycles. The molecule has 0 radical (unpaired) electrons. The van der Waals surface area contributed by atoms with Crippen LogP contribution >= 0.6 is 0 Å². The molecule has 0 aromatic rings. The van der Waals surface area contributed by atoms with Crippen LogP contribution in [-0.2, 0) is 4.79 Å². The van der Waals surface area contributed by atoms with Crippen LogP contribution < -0.4 is 5.73 Å². The second kappa shape index (κ2) is 2.81. The molecule has 3 nitrogen and oxygen atoms in total. The highest BCUT2D eigenvalue weighted by Crippen LogP contribution is 2.49. The number of carbonyl (C=O) groups is 1. The number of hydrogen-bond donors (Lipinski definition) is 2. The van der Waals surface area contributed by atoms with Crippen LogP contribution in [0.3, 0.4) is 0 Å². The van der Waals surface area contributed by atoms with Crippen molar-refractivity contribution >= 4 is 5.97 Å². The third-order valence-corrected chi connectivity index (χ3v) is 2.52. The summed E-state index contributed by atoms with van der Waals surface area (Å²) in [6, 6.07) is -0.134. The number of nitrogens with two attached hydrogens (primary N) is 1. The Balaban J connectivity index is 2.51. The van der Waals surface area contributed by atoms with Gasteiger partial charge in [-0.15, -0.1) is 0 Å². The molecule has 1 rings (SSSR count). The maximum Gasteiger partial charge on any atom is 0.311 e. The minimum Gasteiger partial charge on any atom is -0.481 e. The summed E-state index contributed by atoms with van der Waals surface area (Å²) in [6.07, 6.45) is 3.33. The second-order valence-electron chi connectivity index (χ2n) is 3.36. The fourth-order valence-electron chi connectivity index (χ4n) is 1.47. The molecule has 11 heavy (non-hydrogen) atoms. The fourth-order valence-corrected chi connectivity index (χ4v) is 1.47. The molecule has 64 valence electrons. The van der Waals surface area contributed by atoms with Gasteiger partial charge in [0.2, 0.25) is 0 Å². The molecule has 1 unspecified atom stereocenters. The molecule has 3 heteroatoms. The lowest BCUT2D eigenvalue weighted by atomic mass is 9.94. The Morgan fingerprint density at radius 3 is 2.55 bits per heavy atom. The molecule has 1 aliphatic carbocycles. The standard InChI is InChI=1S/C8H15NO2/c1-2-3-6(9)8(4-5-8)7(10)11/h6H,2-5,9H2,1H3,(H,10,11). The zero-order valence-corrected chi connectivity index (χ0v) is 6.84. The van der Waals surface area contributed by atoms with Gasteiger partial charge in [-0.1, -0.05) is 13.3 Å². The summed E-state index contributed by atoms with van der Waals surface area (Å²) in [5.74, 6) is -0.710. The third kappa shape index (κ3) is 1.38. The number of rotatable bonds is 4. The lowest BCUT2D eigenvalue weighted by Crippen LogP contribution is -2.37. The molecule has 0 bridgehead atoms. The van der Waals surface area contributed by atoms with Gasteiger partial charge in [-0.05, 0) is 19.3 Å². The summed E-state index contributed by atoms with van der Waals surface area (Å²) in [7, 11) is 0. The predicted molar refractivity (Wildman–Crippen MR) is 42.2 cm³/mol. The molecule has 1 fully saturated rings. The van der Waals surface area contributed by atoms with Gasteiger partial charge in [0.05, 0.1) is 5.41 Å². The van der Waals surface area contributed by atoms with Gasteiger partial charge in [0.25, 0.3) is 0 Å². The smallest absolute Gasteiger partial charge is 0.311 e. The van der Waals surface area contributed by atoms with Crippen molar-refractivity contribution in [2.45, 2.75) is 38.6 Å². The van der Waals surface area contributed by atoms with E-state index in [1.165, 1.54) is 0 Å². The molecule has 3 N–H and O–H groups in total. The van der Waals surface area contributed by atoms with Crippen LogP contribution in [0.5, 0.6) is 0 Å². The number of carboxylic acids is 1. The third-order valence-electron chi connectivity index (χ3n) is 2.52. The molecule has 1 saturated carbocycles. The topological polar surface area (TPSA) is 63.3 Å². The molecule has 0 aromatic carbocycles. The first kappa shape index (κ1) is 8.53. The van der Waals surface area contributed by atoms with Crippen LogP contribution in [-0.4, -0.2) is 17.1 Å². The zero-order chi connectivity index (χ0) is 8.48. The van der Waals surface area contributed by atoms with Crippen molar-refractivity contribution < 1.29 is 9.90 Å². The summed E-state index contributed by atoms with van der Waals surface area (Å²) in [4.78, 5) is 10.7. The van der Waals surface area contributed by atoms with Crippen LogP contribution in [0.1, 0.15) is 32.6 Å². The first-order chi connectivity index (χ1) is 5.13. The monoisotopic (exact) mass is 157 g/mol. The number of aliphatic carboxylic acids is 1. The summed E-state index contributed by atoms with van der Waals surface area (Å²) in [5, 5.41) is 8.82. The van der Waals surface area contributed by atoms with Crippen molar-refractivity contribution in [1.82, 2.24) is 0 Å². The van der Waals surface area contributed by atoms with Crippen LogP contribution in [0.2, 0.25) is 0 Å². The second-order valence-corrected chi connectivity index (χ2v) is 3.36. The Labute approximate surface area is 66.6 Å². The van der Waals surface area contributed by atoms with Crippen molar-refractivity contribution in [3.05, 3.63) is 0 Å². The molecular weight excluding hydrogens is 142 g/mol. The van der Waals surface area contributed by atoms with E-state index in [9.17, 15) is 4.79 Å². The Morgan fingerprint density at radius 2 is 2.27 bits per heavy atom. The average molecular weight is 157 g/mol. The quantitative estimate of drug-likeness (QED) is 0.639. The van der Waals surface area contributed by atoms with Gasteiger partial charge in [0.15, 0.2) is 0 Å². The Bertz CT molecular complexity index is 163. The minimum atomic E-state index is -0.710. The van der Waals surface area contributed by atoms with Gasteiger partial charge in [-0.25, -0.2) is 0 Å². The fraction of sp³-hybridized carbons (Fsp3) is 0.875. The van der Waals surface area contributed by atoms with E-state index in [4.69, 9.17) is 10.8 Å². The van der Waals surface area contributed by atoms with Crippen molar-refractivity contribution in [3.8, 4) is 0 Å². The molecule has 1 atom stereocenters. The highest BCUT2D eigenvalue weighted by atomic mass is 16.4. The Morgan fingerprint density at radius 1 is 1.73 bits per heavy atom. The molecule has 1 aliphatic rings. The zero-order valence-electron chi connectivity index (χ0n) is 6.84. The van der Waals surface area contributed by atoms with Crippen LogP contribution in [0.15, 0.2) is 0 Å². The maximum atomic E-state index is 10.7. The van der Waals surface area contributed by atoms with E-state index in [-0.39, 0.29) is 6.04 Å². The SMILES string of the molecule is CCCC(N)C1(C(=O)O)CC1. The Kier molecular flexibility index (Phi) is 2.18. The van der Waals surface area contributed by atoms with Crippen molar-refractivity contribution in [1.29, 1.82) is 0 Å². The number of carboxylic acid groups (broad SMARTS) is 1. The van der Waals surface area contributed by atoms with Crippen molar-refractivity contribution in [3.63, 3.8) is 0 Å².